The van der Waals surface area contributed by atoms with Gasteiger partial charge in [0, 0.05) is 16.4 Å². The van der Waals surface area contributed by atoms with Gasteiger partial charge < -0.3 is 15.8 Å². The number of carbonyl (C=O) groups excluding carboxylic acids is 1. The third-order valence-electron chi connectivity index (χ3n) is 2.67. The molecule has 21 heavy (non-hydrogen) atoms. The molecule has 110 valence electrons. The van der Waals surface area contributed by atoms with Gasteiger partial charge in [-0.15, -0.1) is 0 Å². The van der Waals surface area contributed by atoms with E-state index in [1.807, 2.05) is 6.07 Å². The molecule has 0 saturated carbocycles. The molecule has 2 rings (SSSR count). The van der Waals surface area contributed by atoms with Crippen LogP contribution in [0.25, 0.3) is 0 Å². The Morgan fingerprint density at radius 3 is 2.90 bits per heavy atom. The van der Waals surface area contributed by atoms with Crippen molar-refractivity contribution in [3.05, 3.63) is 45.5 Å². The highest BCUT2D eigenvalue weighted by molar-refractivity contribution is 9.10. The van der Waals surface area contributed by atoms with Gasteiger partial charge in [0.1, 0.15) is 0 Å². The Kier molecular flexibility index (Phi) is 5.03. The minimum absolute atomic E-state index is 0.231. The average molecular weight is 371 g/mol. The van der Waals surface area contributed by atoms with Crippen LogP contribution < -0.4 is 11.1 Å². The second-order valence-corrected chi connectivity index (χ2v) is 5.36. The Balaban J connectivity index is 2.30. The topological polar surface area (TPSA) is 77.2 Å². The van der Waals surface area contributed by atoms with Gasteiger partial charge in [0.2, 0.25) is 0 Å². The standard InChI is InChI=1S/C14H13BrClN3O2/c1-2-21-14(20)9-5-6-18-13(12(9)17)19-8-3-4-10(15)11(16)7-8/h3-7H,2,17H2,1H3,(H,18,19). The van der Waals surface area contributed by atoms with E-state index in [1.54, 1.807) is 19.1 Å². The molecule has 7 heteroatoms. The molecule has 1 heterocycles. The van der Waals surface area contributed by atoms with Gasteiger partial charge in [-0.2, -0.15) is 0 Å². The largest absolute Gasteiger partial charge is 0.462 e. The molecule has 0 bridgehead atoms. The molecule has 5 nitrogen and oxygen atoms in total. The van der Waals surface area contributed by atoms with Gasteiger partial charge in [-0.3, -0.25) is 0 Å². The summed E-state index contributed by atoms with van der Waals surface area (Å²) in [6.07, 6.45) is 1.49. The molecule has 0 aliphatic rings. The summed E-state index contributed by atoms with van der Waals surface area (Å²) in [6.45, 7) is 2.02. The van der Waals surface area contributed by atoms with E-state index in [0.717, 1.165) is 4.47 Å². The fourth-order valence-corrected chi connectivity index (χ4v) is 2.10. The van der Waals surface area contributed by atoms with Gasteiger partial charge >= 0.3 is 5.97 Å². The predicted octanol–water partition coefficient (Wildman–Crippen LogP) is 4.00. The average Bonchev–Trinajstić information content (AvgIpc) is 2.45. The van der Waals surface area contributed by atoms with Gasteiger partial charge in [-0.25, -0.2) is 9.78 Å². The van der Waals surface area contributed by atoms with Crippen molar-refractivity contribution in [1.29, 1.82) is 0 Å². The second kappa shape index (κ2) is 6.78. The summed E-state index contributed by atoms with van der Waals surface area (Å²) in [7, 11) is 0. The van der Waals surface area contributed by atoms with Crippen molar-refractivity contribution in [1.82, 2.24) is 4.98 Å². The van der Waals surface area contributed by atoms with E-state index in [4.69, 9.17) is 22.1 Å². The maximum Gasteiger partial charge on any atom is 0.340 e. The smallest absolute Gasteiger partial charge is 0.340 e. The van der Waals surface area contributed by atoms with Gasteiger partial charge in [0.15, 0.2) is 5.82 Å². The number of nitrogens with one attached hydrogen (secondary N) is 1. The number of aromatic nitrogens is 1. The zero-order chi connectivity index (χ0) is 15.4. The van der Waals surface area contributed by atoms with Gasteiger partial charge in [0.25, 0.3) is 0 Å². The first-order valence-corrected chi connectivity index (χ1v) is 7.33. The summed E-state index contributed by atoms with van der Waals surface area (Å²) in [6, 6.07) is 6.86. The van der Waals surface area contributed by atoms with E-state index in [0.29, 0.717) is 16.5 Å². The summed E-state index contributed by atoms with van der Waals surface area (Å²) in [5, 5.41) is 3.58. The lowest BCUT2D eigenvalue weighted by molar-refractivity contribution is 0.0527. The van der Waals surface area contributed by atoms with Crippen molar-refractivity contribution in [3.63, 3.8) is 0 Å². The molecule has 0 fully saturated rings. The Morgan fingerprint density at radius 1 is 1.48 bits per heavy atom. The highest BCUT2D eigenvalue weighted by atomic mass is 79.9. The predicted molar refractivity (Wildman–Crippen MR) is 87.0 cm³/mol. The third kappa shape index (κ3) is 3.65. The second-order valence-electron chi connectivity index (χ2n) is 4.10. The van der Waals surface area contributed by atoms with Gasteiger partial charge in [0.05, 0.1) is 22.9 Å². The van der Waals surface area contributed by atoms with Crippen LogP contribution in [0, 0.1) is 0 Å². The number of ether oxygens (including phenoxy) is 1. The summed E-state index contributed by atoms with van der Waals surface area (Å²) < 4.78 is 5.73. The number of rotatable bonds is 4. The molecule has 0 radical (unpaired) electrons. The molecule has 2 aromatic rings. The first-order chi connectivity index (χ1) is 10.0. The van der Waals surface area contributed by atoms with E-state index >= 15 is 0 Å². The lowest BCUT2D eigenvalue weighted by Gasteiger charge is -2.11. The number of esters is 1. The van der Waals surface area contributed by atoms with Crippen molar-refractivity contribution in [2.75, 3.05) is 17.7 Å². The van der Waals surface area contributed by atoms with Crippen LogP contribution in [0.15, 0.2) is 34.9 Å². The van der Waals surface area contributed by atoms with E-state index in [9.17, 15) is 4.79 Å². The van der Waals surface area contributed by atoms with Crippen molar-refractivity contribution in [3.8, 4) is 0 Å². The number of nitrogens with zero attached hydrogens (tertiary/aromatic N) is 1. The number of nitrogens with two attached hydrogens (primary N) is 1. The van der Waals surface area contributed by atoms with Gasteiger partial charge in [-0.05, 0) is 47.1 Å². The Morgan fingerprint density at radius 2 is 2.24 bits per heavy atom. The Labute approximate surface area is 135 Å². The highest BCUT2D eigenvalue weighted by Crippen LogP contribution is 2.29. The SMILES string of the molecule is CCOC(=O)c1ccnc(Nc2ccc(Br)c(Cl)c2)c1N. The summed E-state index contributed by atoms with van der Waals surface area (Å²) in [5.41, 5.74) is 7.18. The van der Waals surface area contributed by atoms with E-state index in [-0.39, 0.29) is 17.9 Å². The first-order valence-electron chi connectivity index (χ1n) is 6.16. The summed E-state index contributed by atoms with van der Waals surface area (Å²) in [4.78, 5) is 15.9. The molecule has 0 unspecified atom stereocenters. The molecule has 0 spiro atoms. The van der Waals surface area contributed by atoms with Crippen LogP contribution in [-0.2, 0) is 4.74 Å². The van der Waals surface area contributed by atoms with Crippen LogP contribution in [0.1, 0.15) is 17.3 Å². The Hall–Kier alpha value is -1.79. The molecule has 0 saturated heterocycles. The fraction of sp³-hybridized carbons (Fsp3) is 0.143. The monoisotopic (exact) mass is 369 g/mol. The first kappa shape index (κ1) is 15.6. The maximum atomic E-state index is 11.8. The van der Waals surface area contributed by atoms with Crippen LogP contribution in [0.4, 0.5) is 17.2 Å². The van der Waals surface area contributed by atoms with Crippen LogP contribution in [0.2, 0.25) is 5.02 Å². The molecule has 0 aliphatic carbocycles. The molecule has 0 aliphatic heterocycles. The number of halogens is 2. The minimum Gasteiger partial charge on any atom is -0.462 e. The third-order valence-corrected chi connectivity index (χ3v) is 3.90. The normalized spacial score (nSPS) is 10.2. The summed E-state index contributed by atoms with van der Waals surface area (Å²) in [5.74, 6) is -0.103. The van der Waals surface area contributed by atoms with Crippen molar-refractivity contribution < 1.29 is 9.53 Å². The zero-order valence-electron chi connectivity index (χ0n) is 11.2. The molecule has 1 aromatic heterocycles. The number of nitrogen functional groups attached to an aromatic ring is 1. The molecule has 0 amide bonds. The maximum absolute atomic E-state index is 11.8. The molecular weight excluding hydrogens is 358 g/mol. The number of benzene rings is 1. The van der Waals surface area contributed by atoms with E-state index in [1.165, 1.54) is 12.3 Å². The molecule has 1 aromatic carbocycles. The number of hydrogen-bond donors (Lipinski definition) is 2. The van der Waals surface area contributed by atoms with Crippen LogP contribution in [0.3, 0.4) is 0 Å². The number of hydrogen-bond acceptors (Lipinski definition) is 5. The Bertz CT molecular complexity index is 679. The fourth-order valence-electron chi connectivity index (χ4n) is 1.67. The van der Waals surface area contributed by atoms with Gasteiger partial charge in [-0.1, -0.05) is 11.6 Å². The van der Waals surface area contributed by atoms with Crippen LogP contribution >= 0.6 is 27.5 Å². The van der Waals surface area contributed by atoms with Crippen molar-refractivity contribution >= 4 is 50.7 Å². The van der Waals surface area contributed by atoms with Crippen LogP contribution in [-0.4, -0.2) is 17.6 Å². The molecular formula is C14H13BrClN3O2. The van der Waals surface area contributed by atoms with Crippen molar-refractivity contribution in [2.24, 2.45) is 0 Å². The molecule has 3 N–H and O–H groups in total. The van der Waals surface area contributed by atoms with E-state index < -0.39 is 5.97 Å². The minimum atomic E-state index is -0.478. The lowest BCUT2D eigenvalue weighted by Crippen LogP contribution is -2.10. The number of carbonyl (C=O) groups is 1. The highest BCUT2D eigenvalue weighted by Gasteiger charge is 2.14. The van der Waals surface area contributed by atoms with Crippen LogP contribution in [0.5, 0.6) is 0 Å². The summed E-state index contributed by atoms with van der Waals surface area (Å²) >= 11 is 9.35. The number of anilines is 3. The van der Waals surface area contributed by atoms with Crippen molar-refractivity contribution in [2.45, 2.75) is 6.92 Å². The quantitative estimate of drug-likeness (QED) is 0.795. The number of pyridine rings is 1. The van der Waals surface area contributed by atoms with E-state index in [2.05, 4.69) is 26.2 Å². The lowest BCUT2D eigenvalue weighted by atomic mass is 10.2. The molecule has 0 atom stereocenters. The zero-order valence-corrected chi connectivity index (χ0v) is 13.5.